The molecule has 3 aliphatic rings. The van der Waals surface area contributed by atoms with E-state index in [-0.39, 0.29) is 18.9 Å². The van der Waals surface area contributed by atoms with Crippen LogP contribution in [0.5, 0.6) is 0 Å². The van der Waals surface area contributed by atoms with Crippen molar-refractivity contribution in [1.29, 1.82) is 0 Å². The fraction of sp³-hybridized carbons (Fsp3) is 0.919. The Kier molecular flexibility index (Phi) is 41.4. The van der Waals surface area contributed by atoms with Crippen molar-refractivity contribution in [2.24, 2.45) is 0 Å². The molecule has 3 heterocycles. The second kappa shape index (κ2) is 45.6. The molecule has 0 spiro atoms. The molecular weight excluding hydrogens is 1050 g/mol. The van der Waals surface area contributed by atoms with Crippen LogP contribution in [0.1, 0.15) is 232 Å². The first-order chi connectivity index (χ1) is 39.3. The third kappa shape index (κ3) is 29.0. The molecule has 3 aliphatic heterocycles. The van der Waals surface area contributed by atoms with Crippen LogP contribution in [-0.2, 0) is 33.2 Å². The number of hydrogen-bond donors (Lipinski definition) is 12. The van der Waals surface area contributed by atoms with Gasteiger partial charge in [-0.25, -0.2) is 0 Å². The van der Waals surface area contributed by atoms with Crippen molar-refractivity contribution in [2.75, 3.05) is 26.4 Å². The summed E-state index contributed by atoms with van der Waals surface area (Å²) in [6, 6.07) is -0.887. The van der Waals surface area contributed by atoms with Crippen LogP contribution >= 0.6 is 0 Å². The summed E-state index contributed by atoms with van der Waals surface area (Å²) in [6.07, 6.45) is 21.0. The van der Waals surface area contributed by atoms with Crippen LogP contribution in [0.2, 0.25) is 0 Å². The summed E-state index contributed by atoms with van der Waals surface area (Å²) in [5.41, 5.74) is 0. The van der Waals surface area contributed by atoms with Crippen LogP contribution in [-0.4, -0.2) is 193 Å². The summed E-state index contributed by atoms with van der Waals surface area (Å²) in [5.74, 6) is -0.246. The molecule has 3 saturated heterocycles. The van der Waals surface area contributed by atoms with Gasteiger partial charge in [0.1, 0.15) is 73.2 Å². The van der Waals surface area contributed by atoms with Gasteiger partial charge in [0.25, 0.3) is 0 Å². The molecule has 0 aliphatic carbocycles. The predicted molar refractivity (Wildman–Crippen MR) is 310 cm³/mol. The van der Waals surface area contributed by atoms with E-state index >= 15 is 0 Å². The number of hydrogen-bond acceptors (Lipinski definition) is 18. The Morgan fingerprint density at radius 1 is 0.444 bits per heavy atom. The van der Waals surface area contributed by atoms with Gasteiger partial charge >= 0.3 is 0 Å². The zero-order valence-electron chi connectivity index (χ0n) is 49.8. The Hall–Kier alpha value is -1.73. The minimum Gasteiger partial charge on any atom is -0.394 e. The lowest BCUT2D eigenvalue weighted by molar-refractivity contribution is -0.379. The Labute approximate surface area is 486 Å². The van der Waals surface area contributed by atoms with Gasteiger partial charge in [-0.3, -0.25) is 4.79 Å². The van der Waals surface area contributed by atoms with Crippen molar-refractivity contribution in [3.8, 4) is 0 Å². The quantitative estimate of drug-likeness (QED) is 0.0222. The van der Waals surface area contributed by atoms with Gasteiger partial charge in [-0.2, -0.15) is 0 Å². The Morgan fingerprint density at radius 3 is 1.28 bits per heavy atom. The van der Waals surface area contributed by atoms with Crippen molar-refractivity contribution in [3.63, 3.8) is 0 Å². The molecule has 17 atom stereocenters. The second-order valence-electron chi connectivity index (χ2n) is 23.2. The highest BCUT2D eigenvalue weighted by molar-refractivity contribution is 5.76. The molecule has 3 fully saturated rings. The summed E-state index contributed by atoms with van der Waals surface area (Å²) in [5, 5.41) is 120. The topological polar surface area (TPSA) is 307 Å². The van der Waals surface area contributed by atoms with E-state index in [2.05, 4.69) is 43.5 Å². The largest absolute Gasteiger partial charge is 0.394 e. The fourth-order valence-corrected chi connectivity index (χ4v) is 11.0. The molecule has 0 aromatic rings. The number of carbonyl (C=O) groups is 1. The Morgan fingerprint density at radius 2 is 0.815 bits per heavy atom. The summed E-state index contributed by atoms with van der Waals surface area (Å²) < 4.78 is 34.4. The third-order valence-corrected chi connectivity index (χ3v) is 16.3. The van der Waals surface area contributed by atoms with E-state index in [1.54, 1.807) is 0 Å². The van der Waals surface area contributed by atoms with Crippen molar-refractivity contribution in [2.45, 2.75) is 336 Å². The van der Waals surface area contributed by atoms with Crippen molar-refractivity contribution in [3.05, 3.63) is 24.3 Å². The number of unbranched alkanes of at least 4 members (excludes halogenated alkanes) is 28. The third-order valence-electron chi connectivity index (χ3n) is 16.3. The average molecular weight is 1160 g/mol. The highest BCUT2D eigenvalue weighted by Crippen LogP contribution is 2.33. The summed E-state index contributed by atoms with van der Waals surface area (Å²) >= 11 is 0. The van der Waals surface area contributed by atoms with E-state index in [0.29, 0.717) is 12.8 Å². The zero-order chi connectivity index (χ0) is 59.0. The van der Waals surface area contributed by atoms with E-state index in [9.17, 15) is 61.0 Å². The number of amides is 1. The zero-order valence-corrected chi connectivity index (χ0v) is 49.8. The van der Waals surface area contributed by atoms with Gasteiger partial charge in [0.2, 0.25) is 5.91 Å². The molecule has 81 heavy (non-hydrogen) atoms. The van der Waals surface area contributed by atoms with E-state index in [1.807, 2.05) is 0 Å². The van der Waals surface area contributed by atoms with Crippen LogP contribution in [0.15, 0.2) is 24.3 Å². The SMILES string of the molecule is CCCCC/C=C\C/C=C\CCCCCCCCCCCC(=O)NC(COC1OC(CO)C(OC2OC(CO)C(OC3OC(CO)C(O)C(O)C3O)C(O)C2O)C(O)C1O)C(O)CCCCCCCCCCCCCCCCCCC. The first-order valence-electron chi connectivity index (χ1n) is 32.1. The summed E-state index contributed by atoms with van der Waals surface area (Å²) in [6.45, 7) is 1.78. The Bertz CT molecular complexity index is 1580. The number of carbonyl (C=O) groups excluding carboxylic acids is 1. The monoisotopic (exact) mass is 1160 g/mol. The molecular formula is C62H115NO18. The first kappa shape index (κ1) is 73.5. The van der Waals surface area contributed by atoms with Crippen molar-refractivity contribution >= 4 is 5.91 Å². The second-order valence-corrected chi connectivity index (χ2v) is 23.2. The van der Waals surface area contributed by atoms with Crippen LogP contribution in [0, 0.1) is 0 Å². The molecule has 19 nitrogen and oxygen atoms in total. The van der Waals surface area contributed by atoms with Gasteiger partial charge < -0.3 is 89.9 Å². The molecule has 17 unspecified atom stereocenters. The lowest BCUT2D eigenvalue weighted by atomic mass is 9.96. The number of ether oxygens (including phenoxy) is 6. The molecule has 0 aromatic carbocycles. The fourth-order valence-electron chi connectivity index (χ4n) is 11.0. The number of aliphatic hydroxyl groups is 11. The summed E-state index contributed by atoms with van der Waals surface area (Å²) in [4.78, 5) is 13.4. The maximum absolute atomic E-state index is 13.4. The maximum atomic E-state index is 13.4. The lowest BCUT2D eigenvalue weighted by Gasteiger charge is -2.48. The van der Waals surface area contributed by atoms with Crippen molar-refractivity contribution in [1.82, 2.24) is 5.32 Å². The average Bonchev–Trinajstić information content (AvgIpc) is 3.51. The van der Waals surface area contributed by atoms with E-state index in [0.717, 1.165) is 57.8 Å². The van der Waals surface area contributed by atoms with Gasteiger partial charge in [-0.05, 0) is 44.9 Å². The van der Waals surface area contributed by atoms with Crippen LogP contribution in [0.3, 0.4) is 0 Å². The minimum atomic E-state index is -1.97. The predicted octanol–water partition coefficient (Wildman–Crippen LogP) is 6.71. The standard InChI is InChI=1S/C62H115NO18/c1-3-5-7-9-11-13-15-17-19-21-22-24-26-28-30-32-34-36-38-40-50(68)63-45(46(67)39-37-35-33-31-29-27-25-23-20-18-16-14-12-10-8-6-4-2)44-76-60-56(74)53(71)58(48(42-65)78-60)81-62-57(75)54(72)59(49(43-66)79-62)80-61-55(73)52(70)51(69)47(41-64)77-61/h11,13,17,19,45-49,51-62,64-67,69-75H,3-10,12,14-16,18,20-44H2,1-2H3,(H,63,68)/b13-11-,19-17-. The maximum Gasteiger partial charge on any atom is 0.220 e. The molecule has 12 N–H and O–H groups in total. The van der Waals surface area contributed by atoms with Crippen LogP contribution < -0.4 is 5.32 Å². The molecule has 3 rings (SSSR count). The summed E-state index contributed by atoms with van der Waals surface area (Å²) in [7, 11) is 0. The van der Waals surface area contributed by atoms with E-state index in [1.165, 1.54) is 141 Å². The van der Waals surface area contributed by atoms with E-state index < -0.39 is 124 Å². The highest BCUT2D eigenvalue weighted by atomic mass is 16.8. The normalized spacial score (nSPS) is 29.9. The van der Waals surface area contributed by atoms with Gasteiger partial charge in [-0.15, -0.1) is 0 Å². The molecule has 476 valence electrons. The van der Waals surface area contributed by atoms with Crippen LogP contribution in [0.4, 0.5) is 0 Å². The molecule has 0 radical (unpaired) electrons. The van der Waals surface area contributed by atoms with Gasteiger partial charge in [-0.1, -0.05) is 205 Å². The number of nitrogens with one attached hydrogen (secondary N) is 1. The smallest absolute Gasteiger partial charge is 0.220 e. The minimum absolute atomic E-state index is 0.246. The van der Waals surface area contributed by atoms with Gasteiger partial charge in [0.15, 0.2) is 18.9 Å². The van der Waals surface area contributed by atoms with E-state index in [4.69, 9.17) is 28.4 Å². The first-order valence-corrected chi connectivity index (χ1v) is 32.1. The lowest BCUT2D eigenvalue weighted by Crippen LogP contribution is -2.66. The Balaban J connectivity index is 1.47. The van der Waals surface area contributed by atoms with Crippen LogP contribution in [0.25, 0.3) is 0 Å². The number of allylic oxidation sites excluding steroid dienone is 4. The highest BCUT2D eigenvalue weighted by Gasteiger charge is 2.53. The molecule has 19 heteroatoms. The number of rotatable bonds is 48. The molecule has 0 bridgehead atoms. The molecule has 0 saturated carbocycles. The number of aliphatic hydroxyl groups excluding tert-OH is 11. The molecule has 0 aromatic heterocycles. The van der Waals surface area contributed by atoms with Gasteiger partial charge in [0, 0.05) is 6.42 Å². The molecule has 1 amide bonds. The van der Waals surface area contributed by atoms with Crippen molar-refractivity contribution < 1.29 is 89.4 Å². The van der Waals surface area contributed by atoms with Gasteiger partial charge in [0.05, 0.1) is 38.6 Å².